The molecule has 0 unspecified atom stereocenters. The second kappa shape index (κ2) is 13.9. The average Bonchev–Trinajstić information content (AvgIpc) is 3.03. The van der Waals surface area contributed by atoms with Crippen molar-refractivity contribution in [3.63, 3.8) is 0 Å². The van der Waals surface area contributed by atoms with Gasteiger partial charge in [-0.3, -0.25) is 9.98 Å². The van der Waals surface area contributed by atoms with E-state index in [9.17, 15) is 35.1 Å². The van der Waals surface area contributed by atoms with Crippen LogP contribution < -0.4 is 0 Å². The fraction of sp³-hybridized carbons (Fsp3) is 0.0500. The predicted molar refractivity (Wildman–Crippen MR) is 180 cm³/mol. The van der Waals surface area contributed by atoms with Gasteiger partial charge in [-0.05, 0) is 84.6 Å². The number of para-hydroxylation sites is 2. The summed E-state index contributed by atoms with van der Waals surface area (Å²) in [5, 5.41) is 0. The van der Waals surface area contributed by atoms with Crippen LogP contribution in [0.5, 0.6) is 0 Å². The van der Waals surface area contributed by atoms with Gasteiger partial charge in [0.05, 0.1) is 22.8 Å². The van der Waals surface area contributed by atoms with Gasteiger partial charge in [0.15, 0.2) is 0 Å². The van der Waals surface area contributed by atoms with Crippen molar-refractivity contribution in [1.29, 1.82) is 0 Å². The summed E-state index contributed by atoms with van der Waals surface area (Å²) >= 11 is 0. The van der Waals surface area contributed by atoms with E-state index in [0.29, 0.717) is 24.3 Å². The maximum absolute atomic E-state index is 14.4. The third kappa shape index (κ3) is 7.39. The van der Waals surface area contributed by atoms with Crippen LogP contribution >= 0.6 is 0 Å². The first kappa shape index (κ1) is 34.0. The monoisotopic (exact) mass is 684 g/mol. The zero-order chi connectivity index (χ0) is 35.7. The highest BCUT2D eigenvalue weighted by molar-refractivity contribution is 6.42. The number of benzene rings is 6. The highest BCUT2D eigenvalue weighted by atomic mass is 19.2. The molecular weight excluding hydrogens is 660 g/mol. The van der Waals surface area contributed by atoms with Crippen LogP contribution in [0.3, 0.4) is 0 Å². The molecule has 50 heavy (non-hydrogen) atoms. The molecule has 0 saturated heterocycles. The number of halogens is 8. The maximum atomic E-state index is 14.4. The van der Waals surface area contributed by atoms with Crippen molar-refractivity contribution >= 4 is 22.8 Å². The van der Waals surface area contributed by atoms with Crippen molar-refractivity contribution < 1.29 is 35.1 Å². The minimum absolute atomic E-state index is 0.0938. The summed E-state index contributed by atoms with van der Waals surface area (Å²) in [7, 11) is 0. The summed E-state index contributed by atoms with van der Waals surface area (Å²) in [6.07, 6.45) is 0. The van der Waals surface area contributed by atoms with Crippen molar-refractivity contribution in [1.82, 2.24) is 0 Å². The van der Waals surface area contributed by atoms with Crippen LogP contribution in [0.25, 0.3) is 44.5 Å². The summed E-state index contributed by atoms with van der Waals surface area (Å²) in [6, 6.07) is 20.7. The largest absolute Gasteiger partial charge is 0.251 e. The molecule has 2 nitrogen and oxygen atoms in total. The Balaban J connectivity index is 1.59. The highest BCUT2D eigenvalue weighted by Crippen LogP contribution is 2.42. The number of nitrogens with zero attached hydrogens (tertiary/aromatic N) is 2. The number of aliphatic imine (C=N–C) groups is 2. The van der Waals surface area contributed by atoms with E-state index in [4.69, 9.17) is 9.98 Å². The van der Waals surface area contributed by atoms with Crippen LogP contribution in [-0.4, -0.2) is 11.4 Å². The molecule has 0 amide bonds. The molecule has 0 aliphatic heterocycles. The van der Waals surface area contributed by atoms with E-state index in [1.54, 1.807) is 26.0 Å². The average molecular weight is 685 g/mol. The Labute approximate surface area is 281 Å². The molecule has 0 aliphatic rings. The summed E-state index contributed by atoms with van der Waals surface area (Å²) in [5.74, 6) is -6.90. The number of hydrogen-bond donors (Lipinski definition) is 0. The standard InChI is InChI=1S/C40H24F8N2/c1-21(49-39-35(23-9-27(41)17-28(42)10-23)5-3-6-36(39)24-11-29(43)18-30(44)12-24)22(2)50-40-37(25-13-31(45)19-32(46)14-25)7-4-8-38(40)26-15-33(47)20-34(48)16-26/h3-20H,1-2H3. The Morgan fingerprint density at radius 2 is 0.540 bits per heavy atom. The fourth-order valence-electron chi connectivity index (χ4n) is 5.59. The van der Waals surface area contributed by atoms with Gasteiger partial charge in [-0.2, -0.15) is 0 Å². The lowest BCUT2D eigenvalue weighted by Crippen LogP contribution is -2.05. The Kier molecular flexibility index (Phi) is 9.46. The molecule has 0 spiro atoms. The minimum Gasteiger partial charge on any atom is -0.251 e. The molecule has 0 atom stereocenters. The molecule has 0 radical (unpaired) electrons. The molecule has 0 heterocycles. The summed E-state index contributed by atoms with van der Waals surface area (Å²) < 4.78 is 115. The van der Waals surface area contributed by atoms with E-state index in [1.807, 2.05) is 0 Å². The van der Waals surface area contributed by atoms with Crippen molar-refractivity contribution in [2.24, 2.45) is 9.98 Å². The van der Waals surface area contributed by atoms with Gasteiger partial charge in [-0.1, -0.05) is 36.4 Å². The Morgan fingerprint density at radius 1 is 0.340 bits per heavy atom. The van der Waals surface area contributed by atoms with E-state index in [-0.39, 0.29) is 67.3 Å². The van der Waals surface area contributed by atoms with E-state index >= 15 is 0 Å². The van der Waals surface area contributed by atoms with Crippen LogP contribution in [0.4, 0.5) is 46.5 Å². The van der Waals surface area contributed by atoms with Gasteiger partial charge in [-0.25, -0.2) is 35.1 Å². The van der Waals surface area contributed by atoms with Gasteiger partial charge in [-0.15, -0.1) is 0 Å². The first-order valence-electron chi connectivity index (χ1n) is 15.1. The number of hydrogen-bond acceptors (Lipinski definition) is 2. The third-order valence-corrected chi connectivity index (χ3v) is 7.85. The topological polar surface area (TPSA) is 24.7 Å². The van der Waals surface area contributed by atoms with Crippen LogP contribution in [0.2, 0.25) is 0 Å². The van der Waals surface area contributed by atoms with Crippen LogP contribution in [-0.2, 0) is 0 Å². The van der Waals surface area contributed by atoms with Gasteiger partial charge in [0, 0.05) is 46.5 Å². The van der Waals surface area contributed by atoms with Gasteiger partial charge in [0.25, 0.3) is 0 Å². The van der Waals surface area contributed by atoms with Crippen LogP contribution in [0.1, 0.15) is 13.8 Å². The second-order valence-electron chi connectivity index (χ2n) is 11.4. The summed E-state index contributed by atoms with van der Waals surface area (Å²) in [5.41, 5.74) is 1.90. The Hall–Kier alpha value is -5.90. The zero-order valence-corrected chi connectivity index (χ0v) is 26.3. The molecule has 6 aromatic rings. The SMILES string of the molecule is CC(=Nc1c(-c2cc(F)cc(F)c2)cccc1-c1cc(F)cc(F)c1)C(C)=Nc1c(-c2cc(F)cc(F)c2)cccc1-c1cc(F)cc(F)c1. The lowest BCUT2D eigenvalue weighted by Gasteiger charge is -2.15. The maximum Gasteiger partial charge on any atom is 0.126 e. The van der Waals surface area contributed by atoms with E-state index in [0.717, 1.165) is 48.5 Å². The second-order valence-corrected chi connectivity index (χ2v) is 11.4. The van der Waals surface area contributed by atoms with Gasteiger partial charge in [0.1, 0.15) is 46.5 Å². The molecule has 0 saturated carbocycles. The molecule has 0 fully saturated rings. The summed E-state index contributed by atoms with van der Waals surface area (Å²) in [4.78, 5) is 9.49. The van der Waals surface area contributed by atoms with E-state index in [2.05, 4.69) is 0 Å². The molecule has 10 heteroatoms. The van der Waals surface area contributed by atoms with Crippen LogP contribution in [0.15, 0.2) is 119 Å². The highest BCUT2D eigenvalue weighted by Gasteiger charge is 2.18. The van der Waals surface area contributed by atoms with Crippen molar-refractivity contribution in [3.8, 4) is 44.5 Å². The molecule has 6 rings (SSSR count). The molecule has 0 bridgehead atoms. The smallest absolute Gasteiger partial charge is 0.126 e. The lowest BCUT2D eigenvalue weighted by atomic mass is 9.95. The van der Waals surface area contributed by atoms with Crippen molar-refractivity contribution in [3.05, 3.63) is 156 Å². The van der Waals surface area contributed by atoms with E-state index < -0.39 is 46.5 Å². The van der Waals surface area contributed by atoms with Crippen molar-refractivity contribution in [2.75, 3.05) is 0 Å². The minimum atomic E-state index is -0.863. The Morgan fingerprint density at radius 3 is 0.740 bits per heavy atom. The molecular formula is C40H24F8N2. The Bertz CT molecular complexity index is 1960. The van der Waals surface area contributed by atoms with Crippen LogP contribution in [0, 0.1) is 46.5 Å². The number of rotatable bonds is 7. The van der Waals surface area contributed by atoms with Gasteiger partial charge >= 0.3 is 0 Å². The quantitative estimate of drug-likeness (QED) is 0.118. The van der Waals surface area contributed by atoms with Gasteiger partial charge < -0.3 is 0 Å². The summed E-state index contributed by atoms with van der Waals surface area (Å²) in [6.45, 7) is 3.12. The first-order valence-corrected chi connectivity index (χ1v) is 15.1. The van der Waals surface area contributed by atoms with Gasteiger partial charge in [0.2, 0.25) is 0 Å². The first-order chi connectivity index (χ1) is 23.8. The predicted octanol–water partition coefficient (Wildman–Crippen LogP) is 12.4. The third-order valence-electron chi connectivity index (χ3n) is 7.85. The molecule has 0 aliphatic carbocycles. The molecule has 0 N–H and O–H groups in total. The zero-order valence-electron chi connectivity index (χ0n) is 26.3. The van der Waals surface area contributed by atoms with Crippen molar-refractivity contribution in [2.45, 2.75) is 13.8 Å². The molecule has 6 aromatic carbocycles. The molecule has 250 valence electrons. The lowest BCUT2D eigenvalue weighted by molar-refractivity contribution is 0.583. The van der Waals surface area contributed by atoms with E-state index in [1.165, 1.54) is 24.3 Å². The fourth-order valence-corrected chi connectivity index (χ4v) is 5.59. The normalized spacial score (nSPS) is 12.0. The molecule has 0 aromatic heterocycles.